The van der Waals surface area contributed by atoms with Gasteiger partial charge in [0.05, 0.1) is 0 Å². The molecule has 0 N–H and O–H groups in total. The summed E-state index contributed by atoms with van der Waals surface area (Å²) in [5.74, 6) is 1.54. The molecule has 0 spiro atoms. The molecule has 0 unspecified atom stereocenters. The third-order valence-electron chi connectivity index (χ3n) is 2.30. The minimum atomic E-state index is 0.438. The molecule has 3 aromatic rings. The van der Waals surface area contributed by atoms with Gasteiger partial charge < -0.3 is 0 Å². The van der Waals surface area contributed by atoms with E-state index in [0.29, 0.717) is 20.4 Å². The van der Waals surface area contributed by atoms with Crippen molar-refractivity contribution in [3.63, 3.8) is 0 Å². The summed E-state index contributed by atoms with van der Waals surface area (Å²) in [6.07, 6.45) is 1.81. The summed E-state index contributed by atoms with van der Waals surface area (Å²) in [4.78, 5) is 6.47. The number of benzene rings is 1. The van der Waals surface area contributed by atoms with E-state index in [1.807, 2.05) is 36.5 Å². The van der Waals surface area contributed by atoms with E-state index in [4.69, 9.17) is 4.74 Å². The third kappa shape index (κ3) is 1.75. The van der Waals surface area contributed by atoms with Gasteiger partial charge in [-0.1, -0.05) is 0 Å². The molecule has 78 valence electrons. The van der Waals surface area contributed by atoms with Crippen molar-refractivity contribution in [2.45, 2.75) is 0 Å². The predicted molar refractivity (Wildman–Crippen MR) is 65.2 cm³/mol. The van der Waals surface area contributed by atoms with Crippen LogP contribution in [0.1, 0.15) is 0 Å². The molecule has 0 aliphatic heterocycles. The quantitative estimate of drug-likeness (QED) is 0.670. The second-order valence-electron chi connectivity index (χ2n) is 3.36. The minimum absolute atomic E-state index is 0.438. The van der Waals surface area contributed by atoms with Crippen molar-refractivity contribution in [1.29, 1.82) is 0 Å². The van der Waals surface area contributed by atoms with E-state index in [9.17, 15) is 0 Å². The number of aromatic nitrogens is 1. The Hall–Kier alpha value is -1.57. The van der Waals surface area contributed by atoms with Gasteiger partial charge in [-0.3, -0.25) is 0 Å². The van der Waals surface area contributed by atoms with Crippen LogP contribution in [0.2, 0.25) is 0 Å². The van der Waals surface area contributed by atoms with Crippen molar-refractivity contribution in [3.8, 4) is 11.6 Å². The summed E-state index contributed by atoms with van der Waals surface area (Å²) in [7, 11) is 0. The van der Waals surface area contributed by atoms with Crippen LogP contribution in [0, 0.1) is 0 Å². The van der Waals surface area contributed by atoms with Crippen molar-refractivity contribution in [2.75, 3.05) is 0 Å². The zero-order valence-electron chi connectivity index (χ0n) is 8.46. The van der Waals surface area contributed by atoms with Crippen LogP contribution in [0.4, 0.5) is 0 Å². The number of rotatable bonds is 2. The molecule has 2 heterocycles. The maximum absolute atomic E-state index is 5.77. The Morgan fingerprint density at radius 1 is 1.00 bits per heavy atom. The molecular formula is C13H9NOSe. The Morgan fingerprint density at radius 3 is 2.75 bits per heavy atom. The summed E-state index contributed by atoms with van der Waals surface area (Å²) >= 11 is 0.438. The Balaban J connectivity index is 2.04. The number of pyridine rings is 1. The van der Waals surface area contributed by atoms with E-state index in [1.54, 1.807) is 0 Å². The molecule has 3 heteroatoms. The van der Waals surface area contributed by atoms with Gasteiger partial charge in [-0.05, 0) is 0 Å². The first-order valence-electron chi connectivity index (χ1n) is 4.98. The molecular weight excluding hydrogens is 265 g/mol. The van der Waals surface area contributed by atoms with Crippen LogP contribution >= 0.6 is 0 Å². The Morgan fingerprint density at radius 2 is 1.88 bits per heavy atom. The molecule has 0 atom stereocenters. The summed E-state index contributed by atoms with van der Waals surface area (Å²) in [6.45, 7) is 0. The normalized spacial score (nSPS) is 10.5. The average Bonchev–Trinajstić information content (AvgIpc) is 2.80. The van der Waals surface area contributed by atoms with Crippen molar-refractivity contribution >= 4 is 24.1 Å². The van der Waals surface area contributed by atoms with Crippen LogP contribution in [0.25, 0.3) is 9.65 Å². The fraction of sp³-hybridized carbons (Fsp3) is 0. The van der Waals surface area contributed by atoms with Gasteiger partial charge in [0.2, 0.25) is 0 Å². The topological polar surface area (TPSA) is 22.1 Å². The van der Waals surface area contributed by atoms with Crippen molar-refractivity contribution in [3.05, 3.63) is 53.6 Å². The second-order valence-corrected chi connectivity index (χ2v) is 5.35. The molecule has 1 aromatic carbocycles. The first-order valence-corrected chi connectivity index (χ1v) is 6.83. The number of hydrogen-bond acceptors (Lipinski definition) is 2. The van der Waals surface area contributed by atoms with Crippen LogP contribution < -0.4 is 4.74 Å². The molecule has 16 heavy (non-hydrogen) atoms. The first-order chi connectivity index (χ1) is 7.93. The van der Waals surface area contributed by atoms with Gasteiger partial charge in [0.15, 0.2) is 0 Å². The van der Waals surface area contributed by atoms with E-state index in [1.165, 1.54) is 4.26 Å². The summed E-state index contributed by atoms with van der Waals surface area (Å²) < 4.78 is 7.11. The van der Waals surface area contributed by atoms with Crippen LogP contribution in [0.15, 0.2) is 53.6 Å². The number of nitrogens with zero attached hydrogens (tertiary/aromatic N) is 1. The molecule has 0 amide bonds. The van der Waals surface area contributed by atoms with Gasteiger partial charge in [0.1, 0.15) is 0 Å². The zero-order valence-corrected chi connectivity index (χ0v) is 10.2. The number of ether oxygens (including phenoxy) is 1. The van der Waals surface area contributed by atoms with E-state index >= 15 is 0 Å². The van der Waals surface area contributed by atoms with E-state index in [-0.39, 0.29) is 0 Å². The molecule has 3 rings (SSSR count). The molecule has 2 nitrogen and oxygen atoms in total. The van der Waals surface area contributed by atoms with Crippen molar-refractivity contribution in [2.24, 2.45) is 0 Å². The standard InChI is InChI=1S/C13H9NOSe/c1-2-4-10(5-3-1)15-13-11-7-9-16-12(11)6-8-14-13/h1-9H. The molecule has 0 fully saturated rings. The molecule has 0 saturated heterocycles. The average molecular weight is 274 g/mol. The Labute approximate surface area is 99.3 Å². The van der Waals surface area contributed by atoms with Gasteiger partial charge in [0, 0.05) is 0 Å². The van der Waals surface area contributed by atoms with Crippen LogP contribution in [-0.4, -0.2) is 19.5 Å². The second kappa shape index (κ2) is 4.12. The maximum atomic E-state index is 5.77. The summed E-state index contributed by atoms with van der Waals surface area (Å²) in [5, 5.41) is 1.13. The molecule has 2 aromatic heterocycles. The van der Waals surface area contributed by atoms with Crippen molar-refractivity contribution < 1.29 is 4.74 Å². The molecule has 0 bridgehead atoms. The molecule has 0 radical (unpaired) electrons. The van der Waals surface area contributed by atoms with E-state index in [2.05, 4.69) is 22.1 Å². The molecule has 0 saturated carbocycles. The summed E-state index contributed by atoms with van der Waals surface area (Å²) in [6, 6.07) is 13.9. The Kier molecular flexibility index (Phi) is 2.49. The third-order valence-corrected chi connectivity index (χ3v) is 4.15. The molecule has 0 aliphatic carbocycles. The van der Waals surface area contributed by atoms with E-state index in [0.717, 1.165) is 11.1 Å². The fourth-order valence-corrected chi connectivity index (χ4v) is 3.17. The van der Waals surface area contributed by atoms with Gasteiger partial charge in [-0.25, -0.2) is 0 Å². The fourth-order valence-electron chi connectivity index (χ4n) is 1.55. The molecule has 0 aliphatic rings. The van der Waals surface area contributed by atoms with Gasteiger partial charge in [-0.2, -0.15) is 0 Å². The zero-order chi connectivity index (χ0) is 10.8. The summed E-state index contributed by atoms with van der Waals surface area (Å²) in [5.41, 5.74) is 0. The number of hydrogen-bond donors (Lipinski definition) is 0. The van der Waals surface area contributed by atoms with Gasteiger partial charge in [-0.15, -0.1) is 0 Å². The van der Waals surface area contributed by atoms with Crippen LogP contribution in [-0.2, 0) is 0 Å². The SMILES string of the molecule is c1ccc(Oc2nccc3[se]ccc23)cc1. The number of fused-ring (bicyclic) bond motifs is 1. The number of para-hydroxylation sites is 1. The van der Waals surface area contributed by atoms with Gasteiger partial charge >= 0.3 is 99.1 Å². The monoisotopic (exact) mass is 275 g/mol. The van der Waals surface area contributed by atoms with Gasteiger partial charge in [0.25, 0.3) is 0 Å². The van der Waals surface area contributed by atoms with E-state index < -0.39 is 0 Å². The van der Waals surface area contributed by atoms with Crippen LogP contribution in [0.3, 0.4) is 0 Å². The van der Waals surface area contributed by atoms with Crippen LogP contribution in [0.5, 0.6) is 11.6 Å². The Bertz CT molecular complexity index is 603. The first kappa shape index (κ1) is 9.64. The van der Waals surface area contributed by atoms with Crippen molar-refractivity contribution in [1.82, 2.24) is 4.98 Å². The predicted octanol–water partition coefficient (Wildman–Crippen LogP) is 3.08.